The second kappa shape index (κ2) is 6.90. The molecule has 0 fully saturated rings. The molecule has 0 heterocycles. The van der Waals surface area contributed by atoms with Crippen molar-refractivity contribution in [1.29, 1.82) is 5.26 Å². The van der Waals surface area contributed by atoms with Crippen molar-refractivity contribution in [2.45, 2.75) is 6.42 Å². The zero-order valence-corrected chi connectivity index (χ0v) is 11.4. The monoisotopic (exact) mass is 273 g/mol. The summed E-state index contributed by atoms with van der Waals surface area (Å²) in [7, 11) is 0. The van der Waals surface area contributed by atoms with Crippen LogP contribution in [0.3, 0.4) is 0 Å². The Bertz CT molecular complexity index is 550. The number of allylic oxidation sites excluding steroid dienone is 4. The van der Waals surface area contributed by atoms with Gasteiger partial charge in [0, 0.05) is 0 Å². The van der Waals surface area contributed by atoms with Gasteiger partial charge in [0.2, 0.25) is 0 Å². The van der Waals surface area contributed by atoms with Gasteiger partial charge in [0.1, 0.15) is 6.07 Å². The number of benzene rings is 1. The van der Waals surface area contributed by atoms with E-state index in [1.54, 1.807) is 6.08 Å². The van der Waals surface area contributed by atoms with Crippen LogP contribution in [0.4, 0.5) is 0 Å². The number of thiocarbonyl (C=S) groups is 1. The Morgan fingerprint density at radius 2 is 2.00 bits per heavy atom. The van der Waals surface area contributed by atoms with Crippen LogP contribution >= 0.6 is 23.8 Å². The van der Waals surface area contributed by atoms with E-state index in [9.17, 15) is 5.26 Å². The molecule has 0 saturated heterocycles. The molecule has 1 nitrogen and oxygen atoms in total. The van der Waals surface area contributed by atoms with Gasteiger partial charge in [-0.25, -0.2) is 0 Å². The highest BCUT2D eigenvalue weighted by atomic mass is 35.5. The minimum atomic E-state index is 0.269. The molecular formula is C15H12ClNS. The molecule has 1 aromatic rings. The van der Waals surface area contributed by atoms with E-state index in [4.69, 9.17) is 23.8 Å². The van der Waals surface area contributed by atoms with Crippen LogP contribution in [-0.4, -0.2) is 4.86 Å². The smallest absolute Gasteiger partial charge is 0.100 e. The Labute approximate surface area is 118 Å². The van der Waals surface area contributed by atoms with Gasteiger partial charge in [-0.05, 0) is 17.6 Å². The van der Waals surface area contributed by atoms with Crippen LogP contribution in [-0.2, 0) is 0 Å². The first kappa shape index (κ1) is 14.4. The van der Waals surface area contributed by atoms with Gasteiger partial charge in [0.05, 0.1) is 15.5 Å². The summed E-state index contributed by atoms with van der Waals surface area (Å²) in [6.45, 7) is 7.29. The third-order valence-electron chi connectivity index (χ3n) is 2.34. The van der Waals surface area contributed by atoms with Crippen molar-refractivity contribution < 1.29 is 0 Å². The molecule has 18 heavy (non-hydrogen) atoms. The maximum absolute atomic E-state index is 9.33. The van der Waals surface area contributed by atoms with Gasteiger partial charge in [-0.1, -0.05) is 66.8 Å². The minimum Gasteiger partial charge on any atom is -0.192 e. The summed E-state index contributed by atoms with van der Waals surface area (Å²) in [4.78, 5) is 0.414. The molecule has 0 radical (unpaired) electrons. The zero-order chi connectivity index (χ0) is 13.5. The van der Waals surface area contributed by atoms with Crippen LogP contribution in [0.1, 0.15) is 12.0 Å². The average molecular weight is 274 g/mol. The van der Waals surface area contributed by atoms with Crippen LogP contribution in [0.5, 0.6) is 0 Å². The van der Waals surface area contributed by atoms with E-state index in [-0.39, 0.29) is 5.03 Å². The van der Waals surface area contributed by atoms with E-state index in [2.05, 4.69) is 19.2 Å². The number of hydrogen-bond donors (Lipinski definition) is 0. The van der Waals surface area contributed by atoms with Crippen LogP contribution < -0.4 is 0 Å². The van der Waals surface area contributed by atoms with Crippen molar-refractivity contribution >= 4 is 34.3 Å². The maximum Gasteiger partial charge on any atom is 0.100 e. The van der Waals surface area contributed by atoms with Gasteiger partial charge in [-0.3, -0.25) is 0 Å². The van der Waals surface area contributed by atoms with E-state index in [0.29, 0.717) is 22.4 Å². The van der Waals surface area contributed by atoms with Crippen LogP contribution in [0.25, 0.3) is 5.57 Å². The highest BCUT2D eigenvalue weighted by Gasteiger charge is 2.13. The van der Waals surface area contributed by atoms with Crippen LogP contribution in [0.15, 0.2) is 60.2 Å². The number of halogens is 1. The largest absolute Gasteiger partial charge is 0.192 e. The van der Waals surface area contributed by atoms with E-state index < -0.39 is 0 Å². The van der Waals surface area contributed by atoms with Crippen molar-refractivity contribution in [1.82, 2.24) is 0 Å². The van der Waals surface area contributed by atoms with Crippen molar-refractivity contribution in [3.63, 3.8) is 0 Å². The summed E-state index contributed by atoms with van der Waals surface area (Å²) >= 11 is 11.1. The molecule has 0 aliphatic heterocycles. The van der Waals surface area contributed by atoms with Crippen LogP contribution in [0, 0.1) is 11.3 Å². The van der Waals surface area contributed by atoms with Gasteiger partial charge in [0.25, 0.3) is 0 Å². The average Bonchev–Trinajstić information content (AvgIpc) is 2.39. The number of nitriles is 1. The fourth-order valence-corrected chi connectivity index (χ4v) is 1.83. The topological polar surface area (TPSA) is 23.8 Å². The molecule has 1 rings (SSSR count). The van der Waals surface area contributed by atoms with Crippen LogP contribution in [0.2, 0.25) is 0 Å². The fraction of sp³-hybridized carbons (Fsp3) is 0.0667. The molecule has 0 atom stereocenters. The Balaban J connectivity index is 3.41. The molecular weight excluding hydrogens is 262 g/mol. The normalized spacial score (nSPS) is 11.1. The van der Waals surface area contributed by atoms with Gasteiger partial charge < -0.3 is 0 Å². The Morgan fingerprint density at radius 1 is 1.39 bits per heavy atom. The first-order valence-corrected chi connectivity index (χ1v) is 6.09. The second-order valence-corrected chi connectivity index (χ2v) is 4.42. The van der Waals surface area contributed by atoms with Crippen molar-refractivity contribution in [3.8, 4) is 6.07 Å². The summed E-state index contributed by atoms with van der Waals surface area (Å²) in [5, 5.41) is 9.60. The molecule has 0 aliphatic carbocycles. The molecule has 1 aromatic carbocycles. The molecule has 90 valence electrons. The predicted molar refractivity (Wildman–Crippen MR) is 81.4 cm³/mol. The lowest BCUT2D eigenvalue weighted by atomic mass is 9.96. The first-order valence-electron chi connectivity index (χ1n) is 5.30. The lowest BCUT2D eigenvalue weighted by Gasteiger charge is -2.09. The molecule has 0 bridgehead atoms. The summed E-state index contributed by atoms with van der Waals surface area (Å²) in [5.41, 5.74) is 2.02. The molecule has 0 amide bonds. The Morgan fingerprint density at radius 3 is 2.44 bits per heavy atom. The Kier molecular flexibility index (Phi) is 5.51. The lowest BCUT2D eigenvalue weighted by Crippen LogP contribution is -2.02. The van der Waals surface area contributed by atoms with Gasteiger partial charge in [0.15, 0.2) is 0 Å². The second-order valence-electron chi connectivity index (χ2n) is 3.56. The predicted octanol–water partition coefficient (Wildman–Crippen LogP) is 4.66. The molecule has 0 aromatic heterocycles. The van der Waals surface area contributed by atoms with Crippen molar-refractivity contribution in [2.75, 3.05) is 0 Å². The molecule has 0 N–H and O–H groups in total. The summed E-state index contributed by atoms with van der Waals surface area (Å²) in [5.74, 6) is 0. The molecule has 3 heteroatoms. The Hall–Kier alpha value is -1.69. The standard InChI is InChI=1S/C15H12ClNS/c1-3-7-13(15(18)11(2)16)14(10-17)12-8-5-4-6-9-12/h3-6,8-9H,1-2,7H2. The quantitative estimate of drug-likeness (QED) is 0.337. The minimum absolute atomic E-state index is 0.269. The fourth-order valence-electron chi connectivity index (χ4n) is 1.53. The molecule has 0 spiro atoms. The molecule has 0 saturated carbocycles. The first-order chi connectivity index (χ1) is 8.61. The van der Waals surface area contributed by atoms with E-state index >= 15 is 0 Å². The maximum atomic E-state index is 9.33. The van der Waals surface area contributed by atoms with Gasteiger partial charge in [-0.2, -0.15) is 5.26 Å². The summed E-state index contributed by atoms with van der Waals surface area (Å²) in [6, 6.07) is 11.5. The molecule has 0 unspecified atom stereocenters. The third-order valence-corrected chi connectivity index (χ3v) is 3.14. The van der Waals surface area contributed by atoms with E-state index in [1.165, 1.54) is 0 Å². The zero-order valence-electron chi connectivity index (χ0n) is 9.82. The van der Waals surface area contributed by atoms with Crippen molar-refractivity contribution in [3.05, 3.63) is 65.7 Å². The van der Waals surface area contributed by atoms with E-state index in [0.717, 1.165) is 5.56 Å². The highest BCUT2D eigenvalue weighted by molar-refractivity contribution is 7.81. The van der Waals surface area contributed by atoms with Gasteiger partial charge >= 0.3 is 0 Å². The lowest BCUT2D eigenvalue weighted by molar-refractivity contribution is 1.34. The summed E-state index contributed by atoms with van der Waals surface area (Å²) < 4.78 is 0. The number of nitrogens with zero attached hydrogens (tertiary/aromatic N) is 1. The van der Waals surface area contributed by atoms with E-state index in [1.807, 2.05) is 30.3 Å². The SMILES string of the molecule is C=CCC(C(=S)C(=C)Cl)=C(C#N)c1ccccc1. The number of rotatable bonds is 5. The molecule has 0 aliphatic rings. The number of hydrogen-bond acceptors (Lipinski definition) is 2. The summed E-state index contributed by atoms with van der Waals surface area (Å²) in [6.07, 6.45) is 2.18. The highest BCUT2D eigenvalue weighted by Crippen LogP contribution is 2.25. The van der Waals surface area contributed by atoms with Gasteiger partial charge in [-0.15, -0.1) is 6.58 Å². The van der Waals surface area contributed by atoms with Crippen molar-refractivity contribution in [2.24, 2.45) is 0 Å². The third kappa shape index (κ3) is 3.40.